The van der Waals surface area contributed by atoms with E-state index in [0.29, 0.717) is 0 Å². The number of aromatic amines is 1. The van der Waals surface area contributed by atoms with Gasteiger partial charge in [-0.2, -0.15) is 5.10 Å². The summed E-state index contributed by atoms with van der Waals surface area (Å²) in [4.78, 5) is 4.09. The Labute approximate surface area is 110 Å². The summed E-state index contributed by atoms with van der Waals surface area (Å²) in [5.74, 6) is 0. The van der Waals surface area contributed by atoms with E-state index in [1.165, 1.54) is 5.56 Å². The van der Waals surface area contributed by atoms with E-state index in [1.54, 1.807) is 12.4 Å². The number of aromatic nitrogens is 3. The van der Waals surface area contributed by atoms with Gasteiger partial charge in [0.05, 0.1) is 23.1 Å². The minimum atomic E-state index is 0.720. The molecule has 96 valence electrons. The number of H-pyrrole nitrogens is 1. The Bertz CT molecular complexity index is 717. The number of nitrogens with two attached hydrogens (primary N) is 1. The van der Waals surface area contributed by atoms with Crippen molar-refractivity contribution in [1.29, 1.82) is 0 Å². The van der Waals surface area contributed by atoms with Gasteiger partial charge in [0.15, 0.2) is 0 Å². The van der Waals surface area contributed by atoms with Gasteiger partial charge in [-0.25, -0.2) is 0 Å². The average molecular weight is 253 g/mol. The van der Waals surface area contributed by atoms with Crippen molar-refractivity contribution in [2.24, 2.45) is 0 Å². The summed E-state index contributed by atoms with van der Waals surface area (Å²) in [7, 11) is 0. The van der Waals surface area contributed by atoms with Crippen LogP contribution in [0.4, 0.5) is 11.4 Å². The first-order valence-corrected chi connectivity index (χ1v) is 6.10. The van der Waals surface area contributed by atoms with Gasteiger partial charge in [-0.1, -0.05) is 0 Å². The van der Waals surface area contributed by atoms with E-state index in [-0.39, 0.29) is 0 Å². The highest BCUT2D eigenvalue weighted by atomic mass is 15.1. The lowest BCUT2D eigenvalue weighted by molar-refractivity contribution is 1.09. The van der Waals surface area contributed by atoms with Crippen molar-refractivity contribution < 1.29 is 0 Å². The van der Waals surface area contributed by atoms with E-state index in [0.717, 1.165) is 34.4 Å². The lowest BCUT2D eigenvalue weighted by atomic mass is 10.1. The maximum absolute atomic E-state index is 6.03. The van der Waals surface area contributed by atoms with E-state index in [1.807, 2.05) is 31.3 Å². The number of rotatable bonds is 3. The third-order valence-electron chi connectivity index (χ3n) is 3.22. The van der Waals surface area contributed by atoms with Gasteiger partial charge in [0, 0.05) is 24.3 Å². The molecule has 0 amide bonds. The monoisotopic (exact) mass is 253 g/mol. The van der Waals surface area contributed by atoms with Crippen molar-refractivity contribution in [2.45, 2.75) is 13.5 Å². The minimum absolute atomic E-state index is 0.720. The number of anilines is 2. The van der Waals surface area contributed by atoms with E-state index in [4.69, 9.17) is 5.73 Å². The fraction of sp³-hybridized carbons (Fsp3) is 0.143. The number of nitrogens with one attached hydrogen (secondary N) is 2. The molecule has 4 N–H and O–H groups in total. The second-order valence-corrected chi connectivity index (χ2v) is 4.55. The van der Waals surface area contributed by atoms with Crippen LogP contribution in [0.15, 0.2) is 36.8 Å². The molecule has 0 bridgehead atoms. The first kappa shape index (κ1) is 11.5. The van der Waals surface area contributed by atoms with Gasteiger partial charge in [0.2, 0.25) is 0 Å². The van der Waals surface area contributed by atoms with Crippen LogP contribution < -0.4 is 11.1 Å². The molecule has 0 radical (unpaired) electrons. The molecule has 0 aliphatic heterocycles. The van der Waals surface area contributed by atoms with Gasteiger partial charge in [0.25, 0.3) is 0 Å². The second-order valence-electron chi connectivity index (χ2n) is 4.55. The van der Waals surface area contributed by atoms with E-state index < -0.39 is 0 Å². The molecule has 0 saturated heterocycles. The number of hydrogen-bond acceptors (Lipinski definition) is 4. The number of pyridine rings is 1. The summed E-state index contributed by atoms with van der Waals surface area (Å²) < 4.78 is 0. The van der Waals surface area contributed by atoms with Crippen LogP contribution in [0.1, 0.15) is 11.1 Å². The van der Waals surface area contributed by atoms with E-state index >= 15 is 0 Å². The SMILES string of the molecule is Cc1cnccc1CNc1cc2[nH]ncc2cc1N. The molecular formula is C14H15N5. The Balaban J connectivity index is 1.85. The highest BCUT2D eigenvalue weighted by Gasteiger charge is 2.04. The Kier molecular flexibility index (Phi) is 2.79. The molecule has 0 saturated carbocycles. The van der Waals surface area contributed by atoms with Crippen LogP contribution in [0.5, 0.6) is 0 Å². The number of benzene rings is 1. The van der Waals surface area contributed by atoms with Crippen molar-refractivity contribution in [2.75, 3.05) is 11.1 Å². The van der Waals surface area contributed by atoms with E-state index in [2.05, 4.69) is 20.5 Å². The first-order chi connectivity index (χ1) is 9.24. The van der Waals surface area contributed by atoms with Crippen LogP contribution in [0, 0.1) is 6.92 Å². The molecule has 1 aromatic carbocycles. The van der Waals surface area contributed by atoms with Crippen molar-refractivity contribution in [3.8, 4) is 0 Å². The summed E-state index contributed by atoms with van der Waals surface area (Å²) in [5, 5.41) is 11.3. The Morgan fingerprint density at radius 2 is 2.21 bits per heavy atom. The fourth-order valence-electron chi connectivity index (χ4n) is 2.05. The third kappa shape index (κ3) is 2.22. The number of nitrogens with zero attached hydrogens (tertiary/aromatic N) is 2. The molecule has 3 rings (SSSR count). The molecule has 0 atom stereocenters. The quantitative estimate of drug-likeness (QED) is 0.626. The molecule has 2 heterocycles. The minimum Gasteiger partial charge on any atom is -0.397 e. The smallest absolute Gasteiger partial charge is 0.0672 e. The second kappa shape index (κ2) is 4.61. The zero-order chi connectivity index (χ0) is 13.2. The molecule has 5 heteroatoms. The summed E-state index contributed by atoms with van der Waals surface area (Å²) in [6.07, 6.45) is 5.42. The van der Waals surface area contributed by atoms with Gasteiger partial charge in [0.1, 0.15) is 0 Å². The van der Waals surface area contributed by atoms with Crippen LogP contribution >= 0.6 is 0 Å². The molecule has 2 aromatic heterocycles. The lowest BCUT2D eigenvalue weighted by Crippen LogP contribution is -2.04. The van der Waals surface area contributed by atoms with Gasteiger partial charge in [-0.15, -0.1) is 0 Å². The topological polar surface area (TPSA) is 79.6 Å². The zero-order valence-corrected chi connectivity index (χ0v) is 10.6. The Hall–Kier alpha value is -2.56. The predicted molar refractivity (Wildman–Crippen MR) is 76.8 cm³/mol. The highest BCUT2D eigenvalue weighted by molar-refractivity contribution is 5.88. The Morgan fingerprint density at radius 3 is 3.05 bits per heavy atom. The largest absolute Gasteiger partial charge is 0.397 e. The number of fused-ring (bicyclic) bond motifs is 1. The lowest BCUT2D eigenvalue weighted by Gasteiger charge is -2.11. The highest BCUT2D eigenvalue weighted by Crippen LogP contribution is 2.25. The first-order valence-electron chi connectivity index (χ1n) is 6.10. The molecule has 0 aliphatic carbocycles. The average Bonchev–Trinajstić information content (AvgIpc) is 2.84. The summed E-state index contributed by atoms with van der Waals surface area (Å²) >= 11 is 0. The van der Waals surface area contributed by atoms with Gasteiger partial charge >= 0.3 is 0 Å². The third-order valence-corrected chi connectivity index (χ3v) is 3.22. The van der Waals surface area contributed by atoms with Crippen LogP contribution in [0.25, 0.3) is 10.9 Å². The number of nitrogen functional groups attached to an aromatic ring is 1. The molecule has 0 spiro atoms. The molecule has 5 nitrogen and oxygen atoms in total. The zero-order valence-electron chi connectivity index (χ0n) is 10.6. The molecule has 0 unspecified atom stereocenters. The van der Waals surface area contributed by atoms with Crippen molar-refractivity contribution in [1.82, 2.24) is 15.2 Å². The van der Waals surface area contributed by atoms with Crippen LogP contribution in [0.3, 0.4) is 0 Å². The summed E-state index contributed by atoms with van der Waals surface area (Å²) in [6.45, 7) is 2.77. The maximum atomic E-state index is 6.03. The number of hydrogen-bond donors (Lipinski definition) is 3. The normalized spacial score (nSPS) is 10.8. The van der Waals surface area contributed by atoms with Crippen LogP contribution in [-0.4, -0.2) is 15.2 Å². The summed E-state index contributed by atoms with van der Waals surface area (Å²) in [5.41, 5.74) is 11.0. The molecule has 0 fully saturated rings. The van der Waals surface area contributed by atoms with Crippen molar-refractivity contribution >= 4 is 22.3 Å². The molecule has 0 aliphatic rings. The fourth-order valence-corrected chi connectivity index (χ4v) is 2.05. The van der Waals surface area contributed by atoms with Gasteiger partial charge < -0.3 is 11.1 Å². The molecule has 3 aromatic rings. The predicted octanol–water partition coefficient (Wildman–Crippen LogP) is 2.46. The number of aryl methyl sites for hydroxylation is 1. The van der Waals surface area contributed by atoms with Gasteiger partial charge in [-0.05, 0) is 36.2 Å². The molecular weight excluding hydrogens is 238 g/mol. The standard InChI is InChI=1S/C14H15N5/c1-9-6-16-3-2-10(9)7-17-14-5-13-11(4-12(14)15)8-18-19-13/h2-6,8,17H,7,15H2,1H3,(H,18,19). The summed E-state index contributed by atoms with van der Waals surface area (Å²) in [6, 6.07) is 5.90. The van der Waals surface area contributed by atoms with Crippen LogP contribution in [-0.2, 0) is 6.54 Å². The van der Waals surface area contributed by atoms with Crippen molar-refractivity contribution in [3.05, 3.63) is 47.9 Å². The Morgan fingerprint density at radius 1 is 1.32 bits per heavy atom. The van der Waals surface area contributed by atoms with Crippen LogP contribution in [0.2, 0.25) is 0 Å². The maximum Gasteiger partial charge on any atom is 0.0672 e. The molecule has 19 heavy (non-hydrogen) atoms. The van der Waals surface area contributed by atoms with Crippen molar-refractivity contribution in [3.63, 3.8) is 0 Å². The van der Waals surface area contributed by atoms with Gasteiger partial charge in [-0.3, -0.25) is 10.1 Å². The van der Waals surface area contributed by atoms with E-state index in [9.17, 15) is 0 Å².